The molecule has 1 aliphatic rings. The van der Waals surface area contributed by atoms with Crippen LogP contribution in [0.3, 0.4) is 0 Å². The molecule has 1 aliphatic carbocycles. The summed E-state index contributed by atoms with van der Waals surface area (Å²) in [4.78, 5) is 16.5. The molecule has 1 atom stereocenters. The summed E-state index contributed by atoms with van der Waals surface area (Å²) in [5, 5.41) is 3.24. The number of ether oxygens (including phenoxy) is 1. The van der Waals surface area contributed by atoms with Crippen LogP contribution in [0.25, 0.3) is 0 Å². The Balaban J connectivity index is 2.18. The van der Waals surface area contributed by atoms with Crippen LogP contribution in [0.1, 0.15) is 62.1 Å². The Bertz CT molecular complexity index is 408. The molecule has 0 saturated heterocycles. The summed E-state index contributed by atoms with van der Waals surface area (Å²) in [7, 11) is 1.45. The molecule has 2 rings (SSSR count). The first-order chi connectivity index (χ1) is 8.63. The number of hydrogen-bond donors (Lipinski definition) is 0. The minimum Gasteiger partial charge on any atom is -0.468 e. The van der Waals surface area contributed by atoms with E-state index in [1.54, 1.807) is 11.3 Å². The van der Waals surface area contributed by atoms with Crippen LogP contribution in [0, 0.1) is 5.92 Å². The lowest BCUT2D eigenvalue weighted by atomic mass is 9.93. The number of aromatic nitrogens is 1. The topological polar surface area (TPSA) is 39.2 Å². The van der Waals surface area contributed by atoms with Gasteiger partial charge in [0, 0.05) is 11.3 Å². The molecule has 1 saturated carbocycles. The van der Waals surface area contributed by atoms with Crippen LogP contribution in [-0.4, -0.2) is 18.1 Å². The predicted octanol–water partition coefficient (Wildman–Crippen LogP) is 3.71. The van der Waals surface area contributed by atoms with Gasteiger partial charge in [-0.15, -0.1) is 11.3 Å². The van der Waals surface area contributed by atoms with E-state index in [0.717, 1.165) is 5.69 Å². The van der Waals surface area contributed by atoms with Crippen LogP contribution in [0.5, 0.6) is 0 Å². The number of rotatable bonds is 4. The molecule has 0 bridgehead atoms. The highest BCUT2D eigenvalue weighted by Crippen LogP contribution is 2.37. The standard InChI is InChI=1S/C14H21NO2S/c1-9(2)12(14(16)17-3)11-8-18-13(15-11)10-6-4-5-7-10/h8-10,12H,4-7H2,1-3H3. The zero-order valence-electron chi connectivity index (χ0n) is 11.3. The summed E-state index contributed by atoms with van der Waals surface area (Å²) in [5.74, 6) is 0.444. The summed E-state index contributed by atoms with van der Waals surface area (Å²) < 4.78 is 4.89. The quantitative estimate of drug-likeness (QED) is 0.781. The van der Waals surface area contributed by atoms with Crippen molar-refractivity contribution in [1.29, 1.82) is 0 Å². The van der Waals surface area contributed by atoms with Gasteiger partial charge in [0.25, 0.3) is 0 Å². The highest BCUT2D eigenvalue weighted by atomic mass is 32.1. The van der Waals surface area contributed by atoms with Crippen LogP contribution >= 0.6 is 11.3 Å². The average molecular weight is 267 g/mol. The van der Waals surface area contributed by atoms with Crippen molar-refractivity contribution in [2.75, 3.05) is 7.11 Å². The second kappa shape index (κ2) is 5.83. The zero-order chi connectivity index (χ0) is 13.1. The van der Waals surface area contributed by atoms with Crippen molar-refractivity contribution in [1.82, 2.24) is 4.98 Å². The monoisotopic (exact) mass is 267 g/mol. The number of hydrogen-bond acceptors (Lipinski definition) is 4. The van der Waals surface area contributed by atoms with Gasteiger partial charge in [-0.3, -0.25) is 4.79 Å². The van der Waals surface area contributed by atoms with Crippen molar-refractivity contribution >= 4 is 17.3 Å². The molecule has 1 unspecified atom stereocenters. The van der Waals surface area contributed by atoms with Gasteiger partial charge in [-0.2, -0.15) is 0 Å². The Morgan fingerprint density at radius 2 is 2.11 bits per heavy atom. The fourth-order valence-electron chi connectivity index (χ4n) is 2.67. The summed E-state index contributed by atoms with van der Waals surface area (Å²) in [6, 6.07) is 0. The van der Waals surface area contributed by atoms with Crippen molar-refractivity contribution in [3.8, 4) is 0 Å². The number of carbonyl (C=O) groups is 1. The molecule has 1 heterocycles. The first kappa shape index (κ1) is 13.5. The first-order valence-electron chi connectivity index (χ1n) is 6.66. The largest absolute Gasteiger partial charge is 0.468 e. The molecule has 100 valence electrons. The molecule has 1 fully saturated rings. The van der Waals surface area contributed by atoms with E-state index < -0.39 is 0 Å². The van der Waals surface area contributed by atoms with Gasteiger partial charge in [-0.05, 0) is 18.8 Å². The van der Waals surface area contributed by atoms with E-state index in [9.17, 15) is 4.79 Å². The van der Waals surface area contributed by atoms with Crippen molar-refractivity contribution in [2.45, 2.75) is 51.4 Å². The predicted molar refractivity (Wildman–Crippen MR) is 72.9 cm³/mol. The summed E-state index contributed by atoms with van der Waals surface area (Å²) in [6.07, 6.45) is 5.11. The van der Waals surface area contributed by atoms with Gasteiger partial charge < -0.3 is 4.74 Å². The molecule has 3 nitrogen and oxygen atoms in total. The maximum Gasteiger partial charge on any atom is 0.315 e. The van der Waals surface area contributed by atoms with E-state index >= 15 is 0 Å². The second-order valence-electron chi connectivity index (χ2n) is 5.34. The van der Waals surface area contributed by atoms with E-state index in [4.69, 9.17) is 9.72 Å². The minimum atomic E-state index is -0.221. The molecule has 0 amide bonds. The third-order valence-electron chi connectivity index (χ3n) is 3.68. The number of carbonyl (C=O) groups excluding carboxylic acids is 1. The van der Waals surface area contributed by atoms with E-state index in [1.807, 2.05) is 19.2 Å². The number of nitrogens with zero attached hydrogens (tertiary/aromatic N) is 1. The van der Waals surface area contributed by atoms with Crippen molar-refractivity contribution in [3.05, 3.63) is 16.1 Å². The third-order valence-corrected chi connectivity index (χ3v) is 4.71. The Hall–Kier alpha value is -0.900. The number of thiazole rings is 1. The SMILES string of the molecule is COC(=O)C(c1csc(C2CCCC2)n1)C(C)C. The van der Waals surface area contributed by atoms with Gasteiger partial charge in [0.15, 0.2) is 0 Å². The molecule has 18 heavy (non-hydrogen) atoms. The highest BCUT2D eigenvalue weighted by Gasteiger charge is 2.29. The molecular formula is C14H21NO2S. The average Bonchev–Trinajstić information content (AvgIpc) is 2.98. The molecule has 0 radical (unpaired) electrons. The molecule has 1 aromatic heterocycles. The number of esters is 1. The molecule has 4 heteroatoms. The number of methoxy groups -OCH3 is 1. The molecule has 0 spiro atoms. The van der Waals surface area contributed by atoms with Crippen LogP contribution in [0.2, 0.25) is 0 Å². The molecule has 0 aromatic carbocycles. The highest BCUT2D eigenvalue weighted by molar-refractivity contribution is 7.09. The van der Waals surface area contributed by atoms with Crippen LogP contribution in [0.4, 0.5) is 0 Å². The molecule has 1 aromatic rings. The smallest absolute Gasteiger partial charge is 0.315 e. The van der Waals surface area contributed by atoms with Gasteiger partial charge in [0.2, 0.25) is 0 Å². The van der Waals surface area contributed by atoms with Gasteiger partial charge in [-0.1, -0.05) is 26.7 Å². The first-order valence-corrected chi connectivity index (χ1v) is 7.54. The third kappa shape index (κ3) is 2.74. The van der Waals surface area contributed by atoms with Crippen LogP contribution in [0.15, 0.2) is 5.38 Å². The van der Waals surface area contributed by atoms with E-state index in [-0.39, 0.29) is 17.8 Å². The maximum absolute atomic E-state index is 11.8. The summed E-state index contributed by atoms with van der Waals surface area (Å²) in [5.41, 5.74) is 0.892. The van der Waals surface area contributed by atoms with Gasteiger partial charge >= 0.3 is 5.97 Å². The normalized spacial score (nSPS) is 18.2. The Labute approximate surface area is 113 Å². The van der Waals surface area contributed by atoms with Crippen LogP contribution in [-0.2, 0) is 9.53 Å². The lowest BCUT2D eigenvalue weighted by Crippen LogP contribution is -2.20. The Morgan fingerprint density at radius 3 is 2.67 bits per heavy atom. The van der Waals surface area contributed by atoms with E-state index in [2.05, 4.69) is 0 Å². The summed E-state index contributed by atoms with van der Waals surface area (Å²) >= 11 is 1.70. The van der Waals surface area contributed by atoms with Crippen molar-refractivity contribution in [2.24, 2.45) is 5.92 Å². The fourth-order valence-corrected chi connectivity index (χ4v) is 3.69. The van der Waals surface area contributed by atoms with Gasteiger partial charge in [0.05, 0.1) is 17.8 Å². The lowest BCUT2D eigenvalue weighted by Gasteiger charge is -2.16. The van der Waals surface area contributed by atoms with Gasteiger partial charge in [-0.25, -0.2) is 4.98 Å². The maximum atomic E-state index is 11.8. The van der Waals surface area contributed by atoms with Crippen molar-refractivity contribution in [3.63, 3.8) is 0 Å². The fraction of sp³-hybridized carbons (Fsp3) is 0.714. The molecular weight excluding hydrogens is 246 g/mol. The molecule has 0 aliphatic heterocycles. The van der Waals surface area contributed by atoms with E-state index in [0.29, 0.717) is 5.92 Å². The Kier molecular flexibility index (Phi) is 4.38. The Morgan fingerprint density at radius 1 is 1.44 bits per heavy atom. The molecule has 0 N–H and O–H groups in total. The minimum absolute atomic E-state index is 0.173. The van der Waals surface area contributed by atoms with Gasteiger partial charge in [0.1, 0.15) is 5.92 Å². The zero-order valence-corrected chi connectivity index (χ0v) is 12.1. The van der Waals surface area contributed by atoms with Crippen molar-refractivity contribution < 1.29 is 9.53 Å². The second-order valence-corrected chi connectivity index (χ2v) is 6.23. The van der Waals surface area contributed by atoms with E-state index in [1.165, 1.54) is 37.8 Å². The summed E-state index contributed by atoms with van der Waals surface area (Å²) in [6.45, 7) is 4.08. The lowest BCUT2D eigenvalue weighted by molar-refractivity contribution is -0.143. The van der Waals surface area contributed by atoms with Crippen LogP contribution < -0.4 is 0 Å².